The van der Waals surface area contributed by atoms with Crippen LogP contribution in [0.5, 0.6) is 5.75 Å². The normalized spacial score (nSPS) is 9.63. The number of ether oxygens (including phenoxy) is 1. The Labute approximate surface area is 113 Å². The number of rotatable bonds is 4. The maximum atomic E-state index is 11.5. The number of anilines is 1. The highest BCUT2D eigenvalue weighted by Gasteiger charge is 2.14. The second kappa shape index (κ2) is 6.66. The number of hydrogen-bond acceptors (Lipinski definition) is 4. The third kappa shape index (κ3) is 3.63. The third-order valence-electron chi connectivity index (χ3n) is 2.92. The summed E-state index contributed by atoms with van der Waals surface area (Å²) >= 11 is 0. The maximum Gasteiger partial charge on any atom is 0.427 e. The molecule has 0 aliphatic carbocycles. The number of amides is 1. The van der Waals surface area contributed by atoms with Gasteiger partial charge >= 0.3 is 6.09 Å². The molecule has 19 heavy (non-hydrogen) atoms. The second-order valence-corrected chi connectivity index (χ2v) is 4.14. The van der Waals surface area contributed by atoms with E-state index in [4.69, 9.17) is 11.2 Å². The summed E-state index contributed by atoms with van der Waals surface area (Å²) in [6.45, 7) is 6.32. The van der Waals surface area contributed by atoms with Gasteiger partial charge in [-0.1, -0.05) is 5.92 Å². The molecular weight excluding hydrogens is 242 g/mol. The van der Waals surface area contributed by atoms with Crippen molar-refractivity contribution in [1.82, 2.24) is 10.9 Å². The molecule has 3 N–H and O–H groups in total. The number of terminal acetylenes is 1. The summed E-state index contributed by atoms with van der Waals surface area (Å²) in [4.78, 5) is 11.5. The highest BCUT2D eigenvalue weighted by atomic mass is 16.6. The molecule has 1 aromatic rings. The van der Waals surface area contributed by atoms with Gasteiger partial charge in [0.05, 0.1) is 12.2 Å². The molecular formula is C14H19N3O2. The first-order chi connectivity index (χ1) is 9.01. The van der Waals surface area contributed by atoms with Crippen LogP contribution in [0.3, 0.4) is 0 Å². The fourth-order valence-electron chi connectivity index (χ4n) is 1.71. The van der Waals surface area contributed by atoms with Gasteiger partial charge in [-0.3, -0.25) is 5.43 Å². The van der Waals surface area contributed by atoms with Gasteiger partial charge in [-0.05, 0) is 43.5 Å². The van der Waals surface area contributed by atoms with Gasteiger partial charge in [-0.2, -0.15) is 0 Å². The van der Waals surface area contributed by atoms with Crippen LogP contribution in [0.1, 0.15) is 16.7 Å². The molecule has 0 saturated carbocycles. The Morgan fingerprint density at radius 2 is 2.05 bits per heavy atom. The standard InChI is InChI=1S/C14H19N3O2/c1-6-7-16-13-11(4)10(3)9(2)8-12(13)19-14(18)17-15-5/h1,8,15-16H,7H2,2-5H3,(H,17,18). The topological polar surface area (TPSA) is 62.4 Å². The summed E-state index contributed by atoms with van der Waals surface area (Å²) in [6.07, 6.45) is 4.68. The van der Waals surface area contributed by atoms with E-state index in [1.165, 1.54) is 0 Å². The van der Waals surface area contributed by atoms with Crippen LogP contribution in [0.25, 0.3) is 0 Å². The van der Waals surface area contributed by atoms with Crippen LogP contribution in [0, 0.1) is 33.1 Å². The van der Waals surface area contributed by atoms with Crippen LogP contribution in [-0.4, -0.2) is 19.7 Å². The number of hydrogen-bond donors (Lipinski definition) is 3. The minimum Gasteiger partial charge on any atom is -0.407 e. The van der Waals surface area contributed by atoms with Crippen molar-refractivity contribution in [3.05, 3.63) is 22.8 Å². The number of carbonyl (C=O) groups excluding carboxylic acids is 1. The van der Waals surface area contributed by atoms with E-state index >= 15 is 0 Å². The van der Waals surface area contributed by atoms with Crippen molar-refractivity contribution in [1.29, 1.82) is 0 Å². The largest absolute Gasteiger partial charge is 0.427 e. The summed E-state index contributed by atoms with van der Waals surface area (Å²) in [5.74, 6) is 2.97. The van der Waals surface area contributed by atoms with E-state index in [0.29, 0.717) is 12.3 Å². The van der Waals surface area contributed by atoms with E-state index in [9.17, 15) is 4.79 Å². The predicted octanol–water partition coefficient (Wildman–Crippen LogP) is 1.88. The quantitative estimate of drug-likeness (QED) is 0.572. The van der Waals surface area contributed by atoms with Gasteiger partial charge in [-0.15, -0.1) is 6.42 Å². The zero-order valence-corrected chi connectivity index (χ0v) is 11.7. The molecule has 0 saturated heterocycles. The molecule has 1 rings (SSSR count). The van der Waals surface area contributed by atoms with E-state index in [1.54, 1.807) is 7.05 Å². The van der Waals surface area contributed by atoms with Gasteiger partial charge in [0.25, 0.3) is 0 Å². The Morgan fingerprint density at radius 1 is 1.37 bits per heavy atom. The minimum atomic E-state index is -0.575. The fourth-order valence-corrected chi connectivity index (χ4v) is 1.71. The predicted molar refractivity (Wildman–Crippen MR) is 76.2 cm³/mol. The number of aryl methyl sites for hydroxylation is 1. The highest BCUT2D eigenvalue weighted by molar-refractivity contribution is 5.75. The molecule has 0 aromatic heterocycles. The molecule has 0 aliphatic rings. The van der Waals surface area contributed by atoms with Gasteiger partial charge in [0.15, 0.2) is 5.75 Å². The molecule has 0 heterocycles. The highest BCUT2D eigenvalue weighted by Crippen LogP contribution is 2.32. The van der Waals surface area contributed by atoms with Crippen molar-refractivity contribution in [3.63, 3.8) is 0 Å². The lowest BCUT2D eigenvalue weighted by molar-refractivity contribution is 0.197. The molecule has 0 fully saturated rings. The zero-order chi connectivity index (χ0) is 14.4. The van der Waals surface area contributed by atoms with Crippen LogP contribution >= 0.6 is 0 Å². The van der Waals surface area contributed by atoms with Gasteiger partial charge in [0.2, 0.25) is 0 Å². The molecule has 5 heteroatoms. The van der Waals surface area contributed by atoms with Crippen molar-refractivity contribution >= 4 is 11.8 Å². The van der Waals surface area contributed by atoms with Crippen molar-refractivity contribution < 1.29 is 9.53 Å². The molecule has 102 valence electrons. The first-order valence-corrected chi connectivity index (χ1v) is 5.94. The van der Waals surface area contributed by atoms with E-state index in [1.807, 2.05) is 26.8 Å². The summed E-state index contributed by atoms with van der Waals surface area (Å²) in [5.41, 5.74) is 8.82. The summed E-state index contributed by atoms with van der Waals surface area (Å²) < 4.78 is 5.26. The van der Waals surface area contributed by atoms with Crippen LogP contribution < -0.4 is 20.9 Å². The Kier molecular flexibility index (Phi) is 5.22. The number of nitrogens with one attached hydrogen (secondary N) is 3. The minimum absolute atomic E-state index is 0.368. The zero-order valence-electron chi connectivity index (χ0n) is 11.7. The molecule has 0 aliphatic heterocycles. The Balaban J connectivity index is 3.13. The van der Waals surface area contributed by atoms with Crippen LogP contribution in [0.2, 0.25) is 0 Å². The monoisotopic (exact) mass is 261 g/mol. The first kappa shape index (κ1) is 14.9. The van der Waals surface area contributed by atoms with Crippen molar-refractivity contribution in [2.45, 2.75) is 20.8 Å². The number of hydrazine groups is 1. The lowest BCUT2D eigenvalue weighted by Gasteiger charge is -2.17. The first-order valence-electron chi connectivity index (χ1n) is 5.94. The van der Waals surface area contributed by atoms with E-state index in [-0.39, 0.29) is 0 Å². The third-order valence-corrected chi connectivity index (χ3v) is 2.92. The Morgan fingerprint density at radius 3 is 2.63 bits per heavy atom. The van der Waals surface area contributed by atoms with E-state index < -0.39 is 6.09 Å². The maximum absolute atomic E-state index is 11.5. The molecule has 0 radical (unpaired) electrons. The molecule has 0 spiro atoms. The molecule has 5 nitrogen and oxygen atoms in total. The SMILES string of the molecule is C#CCNc1c(OC(=O)NNC)cc(C)c(C)c1C. The van der Waals surface area contributed by atoms with Crippen LogP contribution in [-0.2, 0) is 0 Å². The molecule has 1 amide bonds. The number of carbonyl (C=O) groups is 1. The lowest BCUT2D eigenvalue weighted by atomic mass is 10.0. The lowest BCUT2D eigenvalue weighted by Crippen LogP contribution is -2.36. The van der Waals surface area contributed by atoms with Crippen molar-refractivity contribution in [2.75, 3.05) is 18.9 Å². The summed E-state index contributed by atoms with van der Waals surface area (Å²) in [5, 5.41) is 3.09. The van der Waals surface area contributed by atoms with Crippen LogP contribution in [0.4, 0.5) is 10.5 Å². The second-order valence-electron chi connectivity index (χ2n) is 4.14. The fraction of sp³-hybridized carbons (Fsp3) is 0.357. The average molecular weight is 261 g/mol. The van der Waals surface area contributed by atoms with Gasteiger partial charge in [0, 0.05) is 7.05 Å². The molecule has 0 bridgehead atoms. The molecule has 0 unspecified atom stereocenters. The van der Waals surface area contributed by atoms with Gasteiger partial charge in [-0.25, -0.2) is 10.2 Å². The number of benzene rings is 1. The summed E-state index contributed by atoms with van der Waals surface area (Å²) in [7, 11) is 1.59. The Hall–Kier alpha value is -2.19. The van der Waals surface area contributed by atoms with Crippen molar-refractivity contribution in [3.8, 4) is 18.1 Å². The molecule has 1 aromatic carbocycles. The van der Waals surface area contributed by atoms with Crippen molar-refractivity contribution in [2.24, 2.45) is 0 Å². The average Bonchev–Trinajstić information content (AvgIpc) is 2.36. The van der Waals surface area contributed by atoms with Gasteiger partial charge in [0.1, 0.15) is 0 Å². The smallest absolute Gasteiger partial charge is 0.407 e. The van der Waals surface area contributed by atoms with E-state index in [2.05, 4.69) is 22.1 Å². The molecule has 0 atom stereocenters. The summed E-state index contributed by atoms with van der Waals surface area (Å²) in [6, 6.07) is 1.82. The Bertz CT molecular complexity index is 518. The van der Waals surface area contributed by atoms with Crippen LogP contribution in [0.15, 0.2) is 6.07 Å². The van der Waals surface area contributed by atoms with E-state index in [0.717, 1.165) is 22.4 Å². The van der Waals surface area contributed by atoms with Gasteiger partial charge < -0.3 is 10.1 Å².